The smallest absolute Gasteiger partial charge is 0.123 e. The van der Waals surface area contributed by atoms with Crippen molar-refractivity contribution in [3.63, 3.8) is 0 Å². The van der Waals surface area contributed by atoms with E-state index in [-0.39, 0.29) is 5.82 Å². The number of halogens is 2. The van der Waals surface area contributed by atoms with E-state index in [1.165, 1.54) is 0 Å². The Bertz CT molecular complexity index is 271. The Balaban J connectivity index is 2.76. The molecule has 0 saturated heterocycles. The molecule has 72 valence electrons. The average molecular weight is 245 g/mol. The predicted octanol–water partition coefficient (Wildman–Crippen LogP) is 3.72. The van der Waals surface area contributed by atoms with Gasteiger partial charge in [-0.3, -0.25) is 0 Å². The average Bonchev–Trinajstić information content (AvgIpc) is 2.14. The van der Waals surface area contributed by atoms with E-state index in [0.717, 1.165) is 35.7 Å². The molecule has 0 aliphatic rings. The van der Waals surface area contributed by atoms with Crippen LogP contribution in [0.15, 0.2) is 18.2 Å². The van der Waals surface area contributed by atoms with E-state index in [1.54, 1.807) is 12.1 Å². The molecule has 1 aromatic carbocycles. The highest BCUT2D eigenvalue weighted by Crippen LogP contribution is 2.12. The summed E-state index contributed by atoms with van der Waals surface area (Å²) in [7, 11) is 0. The Kier molecular flexibility index (Phi) is 4.43. The van der Waals surface area contributed by atoms with E-state index in [2.05, 4.69) is 22.0 Å². The first-order valence-corrected chi connectivity index (χ1v) is 5.72. The third-order valence-electron chi connectivity index (χ3n) is 2.02. The molecule has 0 atom stereocenters. The molecule has 0 saturated carbocycles. The highest BCUT2D eigenvalue weighted by atomic mass is 79.9. The highest BCUT2D eigenvalue weighted by Gasteiger charge is 1.99. The van der Waals surface area contributed by atoms with Gasteiger partial charge in [-0.25, -0.2) is 4.39 Å². The highest BCUT2D eigenvalue weighted by molar-refractivity contribution is 9.09. The zero-order valence-corrected chi connectivity index (χ0v) is 9.40. The van der Waals surface area contributed by atoms with Gasteiger partial charge in [0, 0.05) is 5.33 Å². The van der Waals surface area contributed by atoms with Crippen LogP contribution in [0.1, 0.15) is 24.5 Å². The van der Waals surface area contributed by atoms with Crippen LogP contribution in [0.25, 0.3) is 0 Å². The summed E-state index contributed by atoms with van der Waals surface area (Å²) in [5, 5.41) is 0.977. The summed E-state index contributed by atoms with van der Waals surface area (Å²) in [6.45, 7) is 2.04. The molecule has 13 heavy (non-hydrogen) atoms. The molecule has 1 aromatic rings. The first-order chi connectivity index (χ1) is 6.26. The van der Waals surface area contributed by atoms with Crippen molar-refractivity contribution in [2.24, 2.45) is 0 Å². The predicted molar refractivity (Wildman–Crippen MR) is 57.9 cm³/mol. The molecule has 0 aromatic heterocycles. The molecule has 0 spiro atoms. The quantitative estimate of drug-likeness (QED) is 0.709. The number of hydrogen-bond acceptors (Lipinski definition) is 0. The normalized spacial score (nSPS) is 10.4. The molecular weight excluding hydrogens is 231 g/mol. The Morgan fingerprint density at radius 3 is 2.54 bits per heavy atom. The van der Waals surface area contributed by atoms with Gasteiger partial charge in [-0.2, -0.15) is 0 Å². The number of aryl methyl sites for hydroxylation is 2. The molecule has 0 radical (unpaired) electrons. The molecule has 0 nitrogen and oxygen atoms in total. The second-order valence-corrected chi connectivity index (χ2v) is 3.91. The minimum absolute atomic E-state index is 0.107. The molecule has 2 heteroatoms. The first kappa shape index (κ1) is 10.7. The molecular formula is C11H14BrF. The molecule has 0 bridgehead atoms. The molecule has 0 aliphatic carbocycles. The third-order valence-corrected chi connectivity index (χ3v) is 2.59. The topological polar surface area (TPSA) is 0 Å². The van der Waals surface area contributed by atoms with Gasteiger partial charge in [0.15, 0.2) is 0 Å². The maximum Gasteiger partial charge on any atom is 0.123 e. The van der Waals surface area contributed by atoms with E-state index in [9.17, 15) is 4.39 Å². The van der Waals surface area contributed by atoms with Gasteiger partial charge in [0.25, 0.3) is 0 Å². The summed E-state index contributed by atoms with van der Waals surface area (Å²) >= 11 is 3.37. The van der Waals surface area contributed by atoms with Gasteiger partial charge in [0.2, 0.25) is 0 Å². The number of benzene rings is 1. The number of hydrogen-bond donors (Lipinski definition) is 0. The van der Waals surface area contributed by atoms with E-state index in [4.69, 9.17) is 0 Å². The third kappa shape index (κ3) is 3.47. The summed E-state index contributed by atoms with van der Waals surface area (Å²) < 4.78 is 13.0. The molecule has 0 amide bonds. The second-order valence-electron chi connectivity index (χ2n) is 3.11. The van der Waals surface area contributed by atoms with Gasteiger partial charge in [-0.1, -0.05) is 28.9 Å². The van der Waals surface area contributed by atoms with E-state index in [0.29, 0.717) is 0 Å². The monoisotopic (exact) mass is 244 g/mol. The Hall–Kier alpha value is -0.370. The Morgan fingerprint density at radius 1 is 1.23 bits per heavy atom. The zero-order valence-electron chi connectivity index (χ0n) is 7.82. The van der Waals surface area contributed by atoms with E-state index < -0.39 is 0 Å². The van der Waals surface area contributed by atoms with Crippen LogP contribution in [-0.4, -0.2) is 5.33 Å². The lowest BCUT2D eigenvalue weighted by Gasteiger charge is -2.03. The summed E-state index contributed by atoms with van der Waals surface area (Å²) in [4.78, 5) is 0. The molecule has 0 fully saturated rings. The largest absolute Gasteiger partial charge is 0.207 e. The molecule has 1 rings (SSSR count). The number of rotatable bonds is 4. The summed E-state index contributed by atoms with van der Waals surface area (Å²) in [5.74, 6) is -0.107. The second kappa shape index (κ2) is 5.38. The lowest BCUT2D eigenvalue weighted by Crippen LogP contribution is -1.91. The van der Waals surface area contributed by atoms with Crippen LogP contribution in [0.3, 0.4) is 0 Å². The van der Waals surface area contributed by atoms with Crippen molar-refractivity contribution in [2.45, 2.75) is 26.2 Å². The van der Waals surface area contributed by atoms with Gasteiger partial charge in [-0.15, -0.1) is 0 Å². The standard InChI is InChI=1S/C11H14BrF/c1-2-9-6-10(4-3-5-12)8-11(13)7-9/h6-8H,2-5H2,1H3. The molecule has 0 unspecified atom stereocenters. The Labute approximate surface area is 87.3 Å². The SMILES string of the molecule is CCc1cc(F)cc(CCCBr)c1. The van der Waals surface area contributed by atoms with Crippen LogP contribution < -0.4 is 0 Å². The minimum atomic E-state index is -0.107. The fraction of sp³-hybridized carbons (Fsp3) is 0.455. The van der Waals surface area contributed by atoms with Crippen LogP contribution in [0.5, 0.6) is 0 Å². The number of alkyl halides is 1. The van der Waals surface area contributed by atoms with Crippen molar-refractivity contribution in [3.05, 3.63) is 35.1 Å². The summed E-state index contributed by atoms with van der Waals surface area (Å²) in [5.41, 5.74) is 2.20. The fourth-order valence-corrected chi connectivity index (χ4v) is 1.62. The van der Waals surface area contributed by atoms with Crippen LogP contribution in [0.2, 0.25) is 0 Å². The first-order valence-electron chi connectivity index (χ1n) is 4.60. The maximum atomic E-state index is 13.0. The van der Waals surface area contributed by atoms with Crippen molar-refractivity contribution in [1.29, 1.82) is 0 Å². The van der Waals surface area contributed by atoms with Crippen molar-refractivity contribution in [2.75, 3.05) is 5.33 Å². The van der Waals surface area contributed by atoms with Gasteiger partial charge in [-0.05, 0) is 42.5 Å². The van der Waals surface area contributed by atoms with Gasteiger partial charge >= 0.3 is 0 Å². The van der Waals surface area contributed by atoms with Crippen LogP contribution >= 0.6 is 15.9 Å². The van der Waals surface area contributed by atoms with Crippen LogP contribution in [0.4, 0.5) is 4.39 Å². The minimum Gasteiger partial charge on any atom is -0.207 e. The lowest BCUT2D eigenvalue weighted by molar-refractivity contribution is 0.622. The molecule has 0 N–H and O–H groups in total. The fourth-order valence-electron chi connectivity index (χ4n) is 1.34. The van der Waals surface area contributed by atoms with Gasteiger partial charge in [0.05, 0.1) is 0 Å². The zero-order chi connectivity index (χ0) is 9.68. The van der Waals surface area contributed by atoms with Crippen molar-refractivity contribution in [1.82, 2.24) is 0 Å². The molecule has 0 heterocycles. The summed E-state index contributed by atoms with van der Waals surface area (Å²) in [6, 6.07) is 5.32. The van der Waals surface area contributed by atoms with Crippen molar-refractivity contribution >= 4 is 15.9 Å². The van der Waals surface area contributed by atoms with E-state index in [1.807, 2.05) is 6.92 Å². The van der Waals surface area contributed by atoms with Gasteiger partial charge in [0.1, 0.15) is 5.82 Å². The summed E-state index contributed by atoms with van der Waals surface area (Å²) in [6.07, 6.45) is 2.92. The van der Waals surface area contributed by atoms with Crippen LogP contribution in [0, 0.1) is 5.82 Å². The Morgan fingerprint density at radius 2 is 1.92 bits per heavy atom. The maximum absolute atomic E-state index is 13.0. The molecule has 0 aliphatic heterocycles. The lowest BCUT2D eigenvalue weighted by atomic mass is 10.1. The van der Waals surface area contributed by atoms with Crippen molar-refractivity contribution < 1.29 is 4.39 Å². The van der Waals surface area contributed by atoms with Crippen molar-refractivity contribution in [3.8, 4) is 0 Å². The van der Waals surface area contributed by atoms with Crippen LogP contribution in [-0.2, 0) is 12.8 Å². The van der Waals surface area contributed by atoms with E-state index >= 15 is 0 Å². The van der Waals surface area contributed by atoms with Gasteiger partial charge < -0.3 is 0 Å².